The summed E-state index contributed by atoms with van der Waals surface area (Å²) in [7, 11) is -0.868. The van der Waals surface area contributed by atoms with Crippen molar-refractivity contribution in [2.45, 2.75) is 41.8 Å². The quantitative estimate of drug-likeness (QED) is 0.881. The first-order valence-corrected chi connectivity index (χ1v) is 8.51. The molecule has 2 fully saturated rings. The van der Waals surface area contributed by atoms with E-state index in [-0.39, 0.29) is 10.5 Å². The highest BCUT2D eigenvalue weighted by atomic mass is 32.2. The van der Waals surface area contributed by atoms with Gasteiger partial charge in [0.25, 0.3) is 0 Å². The van der Waals surface area contributed by atoms with Crippen LogP contribution in [0, 0.1) is 5.82 Å². The zero-order valence-corrected chi connectivity index (χ0v) is 12.3. The summed E-state index contributed by atoms with van der Waals surface area (Å²) in [5.74, 6) is -0.421. The van der Waals surface area contributed by atoms with Crippen LogP contribution in [0.4, 0.5) is 4.39 Å². The van der Waals surface area contributed by atoms with Crippen LogP contribution in [0.2, 0.25) is 0 Å². The minimum absolute atomic E-state index is 0.00209. The first-order chi connectivity index (χ1) is 10.1. The summed E-state index contributed by atoms with van der Waals surface area (Å²) in [6.07, 6.45) is 4.14. The monoisotopic (exact) mass is 305 g/mol. The van der Waals surface area contributed by atoms with Gasteiger partial charge in [0.2, 0.25) is 0 Å². The number of nitrogens with zero attached hydrogens (tertiary/aromatic N) is 1. The van der Waals surface area contributed by atoms with Crippen molar-refractivity contribution in [2.24, 2.45) is 0 Å². The maximum Gasteiger partial charge on any atom is 0.131 e. The number of hydrogen-bond donors (Lipinski definition) is 1. The number of pyridine rings is 1. The molecular weight excluding hydrogens is 289 g/mol. The standard InChI is InChI=1S/C16H16FNO2S/c17-14-7-15-10(2-1-5-18-15)6-13(14)16(19)8-11-3-4-12(9-16)21(11)20/h1-2,5-7,11-12,19H,3-4,8-9H2. The van der Waals surface area contributed by atoms with E-state index in [2.05, 4.69) is 4.98 Å². The molecule has 1 aromatic carbocycles. The number of aliphatic hydroxyl groups is 1. The van der Waals surface area contributed by atoms with Crippen molar-refractivity contribution in [3.63, 3.8) is 0 Å². The molecule has 4 rings (SSSR count). The lowest BCUT2D eigenvalue weighted by Gasteiger charge is -2.36. The van der Waals surface area contributed by atoms with Crippen LogP contribution in [0.3, 0.4) is 0 Å². The third kappa shape index (κ3) is 2.02. The molecule has 0 saturated carbocycles. The van der Waals surface area contributed by atoms with Gasteiger partial charge in [-0.25, -0.2) is 4.39 Å². The average molecular weight is 305 g/mol. The van der Waals surface area contributed by atoms with Gasteiger partial charge in [0.05, 0.1) is 11.1 Å². The molecule has 1 aromatic heterocycles. The van der Waals surface area contributed by atoms with Crippen molar-refractivity contribution >= 4 is 21.7 Å². The van der Waals surface area contributed by atoms with Gasteiger partial charge in [0, 0.05) is 44.5 Å². The molecule has 21 heavy (non-hydrogen) atoms. The second kappa shape index (κ2) is 4.58. The molecule has 2 unspecified atom stereocenters. The molecule has 2 aliphatic heterocycles. The molecule has 2 bridgehead atoms. The maximum absolute atomic E-state index is 14.4. The molecule has 0 aliphatic carbocycles. The molecule has 2 saturated heterocycles. The molecule has 2 atom stereocenters. The van der Waals surface area contributed by atoms with Gasteiger partial charge in [-0.3, -0.25) is 9.19 Å². The molecule has 2 aromatic rings. The number of rotatable bonds is 1. The Labute approximate surface area is 124 Å². The predicted molar refractivity (Wildman–Crippen MR) is 79.8 cm³/mol. The molecule has 0 amide bonds. The smallest absolute Gasteiger partial charge is 0.131 e. The molecule has 0 spiro atoms. The summed E-state index contributed by atoms with van der Waals surface area (Å²) < 4.78 is 26.5. The summed E-state index contributed by atoms with van der Waals surface area (Å²) >= 11 is 0. The first kappa shape index (κ1) is 13.3. The average Bonchev–Trinajstić information content (AvgIpc) is 2.70. The van der Waals surface area contributed by atoms with Gasteiger partial charge in [-0.2, -0.15) is 0 Å². The van der Waals surface area contributed by atoms with Gasteiger partial charge >= 0.3 is 0 Å². The predicted octanol–water partition coefficient (Wildman–Crippen LogP) is 2.64. The van der Waals surface area contributed by atoms with Crippen molar-refractivity contribution in [2.75, 3.05) is 0 Å². The minimum Gasteiger partial charge on any atom is -0.385 e. The third-order valence-electron chi connectivity index (χ3n) is 4.79. The normalized spacial score (nSPS) is 35.2. The van der Waals surface area contributed by atoms with Crippen LogP contribution in [-0.2, 0) is 16.4 Å². The molecule has 1 N–H and O–H groups in total. The largest absolute Gasteiger partial charge is 0.385 e. The van der Waals surface area contributed by atoms with E-state index in [0.717, 1.165) is 18.2 Å². The zero-order chi connectivity index (χ0) is 14.6. The van der Waals surface area contributed by atoms with Crippen molar-refractivity contribution in [3.8, 4) is 0 Å². The maximum atomic E-state index is 14.4. The number of benzene rings is 1. The van der Waals surface area contributed by atoms with E-state index in [0.29, 0.717) is 23.9 Å². The van der Waals surface area contributed by atoms with Crippen LogP contribution in [0.15, 0.2) is 30.5 Å². The number of hydrogen-bond acceptors (Lipinski definition) is 3. The van der Waals surface area contributed by atoms with Gasteiger partial charge in [-0.15, -0.1) is 0 Å². The highest BCUT2D eigenvalue weighted by Crippen LogP contribution is 2.46. The molecule has 3 nitrogen and oxygen atoms in total. The van der Waals surface area contributed by atoms with Crippen LogP contribution >= 0.6 is 0 Å². The Balaban J connectivity index is 1.82. The number of halogens is 1. The fourth-order valence-corrected chi connectivity index (χ4v) is 5.91. The van der Waals surface area contributed by atoms with Crippen LogP contribution in [-0.4, -0.2) is 24.8 Å². The Morgan fingerprint density at radius 2 is 2.00 bits per heavy atom. The Kier molecular flexibility index (Phi) is 2.91. The molecule has 110 valence electrons. The summed E-state index contributed by atoms with van der Waals surface area (Å²) in [5, 5.41) is 11.8. The second-order valence-corrected chi connectivity index (χ2v) is 8.11. The van der Waals surface area contributed by atoms with E-state index >= 15 is 0 Å². The molecular formula is C16H16FNO2S. The topological polar surface area (TPSA) is 50.2 Å². The molecule has 0 radical (unpaired) electrons. The minimum atomic E-state index is -1.20. The van der Waals surface area contributed by atoms with E-state index in [1.807, 2.05) is 6.07 Å². The van der Waals surface area contributed by atoms with E-state index in [9.17, 15) is 13.7 Å². The highest BCUT2D eigenvalue weighted by Gasteiger charge is 2.49. The van der Waals surface area contributed by atoms with Crippen LogP contribution in [0.1, 0.15) is 31.2 Å². The van der Waals surface area contributed by atoms with E-state index in [1.165, 1.54) is 6.07 Å². The molecule has 2 aliphatic rings. The van der Waals surface area contributed by atoms with Gasteiger partial charge in [0.15, 0.2) is 0 Å². The van der Waals surface area contributed by atoms with Crippen LogP contribution in [0.25, 0.3) is 10.9 Å². The van der Waals surface area contributed by atoms with Crippen molar-refractivity contribution in [3.05, 3.63) is 41.8 Å². The molecule has 3 heterocycles. The first-order valence-electron chi connectivity index (χ1n) is 7.23. The van der Waals surface area contributed by atoms with E-state index in [4.69, 9.17) is 0 Å². The molecule has 5 heteroatoms. The Bertz CT molecular complexity index is 732. The summed E-state index contributed by atoms with van der Waals surface area (Å²) in [6, 6.07) is 6.75. The summed E-state index contributed by atoms with van der Waals surface area (Å²) in [6.45, 7) is 0. The summed E-state index contributed by atoms with van der Waals surface area (Å²) in [4.78, 5) is 4.14. The van der Waals surface area contributed by atoms with Gasteiger partial charge in [-0.05, 0) is 37.8 Å². The third-order valence-corrected chi connectivity index (χ3v) is 6.91. The lowest BCUT2D eigenvalue weighted by atomic mass is 9.85. The van der Waals surface area contributed by atoms with E-state index in [1.54, 1.807) is 18.3 Å². The SMILES string of the molecule is O=S1C2CCC1CC(O)(c1cc3cccnc3cc1F)C2. The van der Waals surface area contributed by atoms with Gasteiger partial charge in [0.1, 0.15) is 5.82 Å². The number of aromatic nitrogens is 1. The fourth-order valence-electron chi connectivity index (χ4n) is 3.75. The Morgan fingerprint density at radius 3 is 2.71 bits per heavy atom. The highest BCUT2D eigenvalue weighted by molar-refractivity contribution is 7.86. The van der Waals surface area contributed by atoms with Crippen molar-refractivity contribution in [1.29, 1.82) is 0 Å². The van der Waals surface area contributed by atoms with Gasteiger partial charge < -0.3 is 5.11 Å². The zero-order valence-electron chi connectivity index (χ0n) is 11.5. The van der Waals surface area contributed by atoms with E-state index < -0.39 is 22.2 Å². The van der Waals surface area contributed by atoms with Crippen molar-refractivity contribution in [1.82, 2.24) is 4.98 Å². The Hall–Kier alpha value is -1.33. The van der Waals surface area contributed by atoms with Gasteiger partial charge in [-0.1, -0.05) is 6.07 Å². The van der Waals surface area contributed by atoms with Crippen LogP contribution in [0.5, 0.6) is 0 Å². The fraction of sp³-hybridized carbons (Fsp3) is 0.438. The number of fused-ring (bicyclic) bond motifs is 3. The summed E-state index contributed by atoms with van der Waals surface area (Å²) in [5.41, 5.74) is -0.283. The van der Waals surface area contributed by atoms with Crippen LogP contribution < -0.4 is 0 Å². The van der Waals surface area contributed by atoms with Crippen molar-refractivity contribution < 1.29 is 13.7 Å². The lowest BCUT2D eigenvalue weighted by Crippen LogP contribution is -2.40. The Morgan fingerprint density at radius 1 is 1.29 bits per heavy atom. The second-order valence-electron chi connectivity index (χ2n) is 6.12. The lowest BCUT2D eigenvalue weighted by molar-refractivity contribution is 0.0152.